The lowest BCUT2D eigenvalue weighted by Crippen LogP contribution is -2.45. The van der Waals surface area contributed by atoms with Crippen LogP contribution in [0.25, 0.3) is 0 Å². The van der Waals surface area contributed by atoms with Gasteiger partial charge >= 0.3 is 6.03 Å². The van der Waals surface area contributed by atoms with Crippen LogP contribution in [0, 0.1) is 12.7 Å². The molecule has 6 heteroatoms. The minimum Gasteiger partial charge on any atom is -0.390 e. The molecule has 0 saturated carbocycles. The molecule has 0 saturated heterocycles. The molecule has 1 aliphatic rings. The first-order valence-corrected chi connectivity index (χ1v) is 9.51. The molecule has 0 bridgehead atoms. The highest BCUT2D eigenvalue weighted by atomic mass is 19.1. The minimum atomic E-state index is -0.325. The molecule has 28 heavy (non-hydrogen) atoms. The lowest BCUT2D eigenvalue weighted by atomic mass is 10.0. The maximum absolute atomic E-state index is 14.1. The third-order valence-corrected chi connectivity index (χ3v) is 4.56. The van der Waals surface area contributed by atoms with Crippen molar-refractivity contribution in [1.29, 1.82) is 0 Å². The number of carbonyl (C=O) groups is 1. The van der Waals surface area contributed by atoms with Gasteiger partial charge in [0, 0.05) is 18.0 Å². The highest BCUT2D eigenvalue weighted by Gasteiger charge is 2.27. The Bertz CT molecular complexity index is 849. The van der Waals surface area contributed by atoms with Gasteiger partial charge in [-0.2, -0.15) is 0 Å². The Kier molecular flexibility index (Phi) is 6.29. The van der Waals surface area contributed by atoms with Gasteiger partial charge in [-0.05, 0) is 32.4 Å². The molecule has 2 aromatic rings. The number of rotatable bonds is 6. The second-order valence-corrected chi connectivity index (χ2v) is 7.41. The second-order valence-electron chi connectivity index (χ2n) is 7.41. The lowest BCUT2D eigenvalue weighted by molar-refractivity contribution is 0.0584. The molecule has 0 aromatic heterocycles. The Morgan fingerprint density at radius 2 is 1.96 bits per heavy atom. The summed E-state index contributed by atoms with van der Waals surface area (Å²) in [6.45, 7) is 6.32. The quantitative estimate of drug-likeness (QED) is 0.811. The van der Waals surface area contributed by atoms with Crippen molar-refractivity contribution < 1.29 is 14.0 Å². The van der Waals surface area contributed by atoms with Crippen LogP contribution in [-0.2, 0) is 11.4 Å². The summed E-state index contributed by atoms with van der Waals surface area (Å²) < 4.78 is 14.1. The van der Waals surface area contributed by atoms with Crippen LogP contribution in [0.15, 0.2) is 53.7 Å². The van der Waals surface area contributed by atoms with Crippen LogP contribution in [0.3, 0.4) is 0 Å². The van der Waals surface area contributed by atoms with E-state index < -0.39 is 0 Å². The number of oxime groups is 1. The number of halogens is 1. The third kappa shape index (κ3) is 5.09. The first kappa shape index (κ1) is 19.9. The maximum atomic E-state index is 14.1. The van der Waals surface area contributed by atoms with Crippen molar-refractivity contribution in [2.75, 3.05) is 6.54 Å². The first-order valence-electron chi connectivity index (χ1n) is 9.51. The number of nitrogens with one attached hydrogen (secondary N) is 1. The largest absolute Gasteiger partial charge is 0.390 e. The highest BCUT2D eigenvalue weighted by Crippen LogP contribution is 2.19. The van der Waals surface area contributed by atoms with E-state index in [-0.39, 0.29) is 30.5 Å². The molecule has 0 unspecified atom stereocenters. The van der Waals surface area contributed by atoms with E-state index in [1.165, 1.54) is 11.6 Å². The van der Waals surface area contributed by atoms with Gasteiger partial charge in [-0.25, -0.2) is 9.18 Å². The summed E-state index contributed by atoms with van der Waals surface area (Å²) in [4.78, 5) is 19.8. The topological polar surface area (TPSA) is 53.9 Å². The summed E-state index contributed by atoms with van der Waals surface area (Å²) in [7, 11) is 0. The van der Waals surface area contributed by atoms with E-state index in [1.807, 2.05) is 45.0 Å². The van der Waals surface area contributed by atoms with Gasteiger partial charge in [0.15, 0.2) is 6.10 Å². The number of aryl methyl sites for hydroxylation is 1. The van der Waals surface area contributed by atoms with E-state index in [9.17, 15) is 9.18 Å². The van der Waals surface area contributed by atoms with Crippen molar-refractivity contribution in [1.82, 2.24) is 10.2 Å². The van der Waals surface area contributed by atoms with E-state index >= 15 is 0 Å². The molecule has 2 amide bonds. The summed E-state index contributed by atoms with van der Waals surface area (Å²) in [6, 6.07) is 14.3. The molecule has 0 spiro atoms. The molecule has 2 aromatic carbocycles. The van der Waals surface area contributed by atoms with E-state index in [0.29, 0.717) is 18.5 Å². The molecule has 3 rings (SSSR count). The summed E-state index contributed by atoms with van der Waals surface area (Å²) in [5.74, 6) is -0.325. The van der Waals surface area contributed by atoms with E-state index in [0.717, 1.165) is 11.3 Å². The van der Waals surface area contributed by atoms with E-state index in [2.05, 4.69) is 10.5 Å². The predicted molar refractivity (Wildman–Crippen MR) is 108 cm³/mol. The molecule has 148 valence electrons. The lowest BCUT2D eigenvalue weighted by Gasteiger charge is -2.26. The summed E-state index contributed by atoms with van der Waals surface area (Å²) in [5.41, 5.74) is 3.53. The van der Waals surface area contributed by atoms with Crippen LogP contribution in [-0.4, -0.2) is 35.3 Å². The van der Waals surface area contributed by atoms with Crippen LogP contribution >= 0.6 is 0 Å². The van der Waals surface area contributed by atoms with Crippen LogP contribution in [0.2, 0.25) is 0 Å². The van der Waals surface area contributed by atoms with Crippen molar-refractivity contribution in [3.8, 4) is 0 Å². The second kappa shape index (κ2) is 8.87. The van der Waals surface area contributed by atoms with E-state index in [4.69, 9.17) is 4.84 Å². The molecule has 0 aliphatic carbocycles. The van der Waals surface area contributed by atoms with Crippen molar-refractivity contribution in [2.45, 2.75) is 45.9 Å². The molecule has 1 aliphatic heterocycles. The molecule has 5 nitrogen and oxygen atoms in total. The Morgan fingerprint density at radius 3 is 2.64 bits per heavy atom. The normalized spacial score (nSPS) is 15.9. The number of hydrogen-bond donors (Lipinski definition) is 1. The number of benzene rings is 2. The van der Waals surface area contributed by atoms with Gasteiger partial charge in [0.25, 0.3) is 0 Å². The maximum Gasteiger partial charge on any atom is 0.318 e. The zero-order valence-corrected chi connectivity index (χ0v) is 16.5. The smallest absolute Gasteiger partial charge is 0.318 e. The van der Waals surface area contributed by atoms with Crippen molar-refractivity contribution in [2.24, 2.45) is 5.16 Å². The molecule has 1 N–H and O–H groups in total. The average molecular weight is 383 g/mol. The van der Waals surface area contributed by atoms with Crippen molar-refractivity contribution >= 4 is 11.7 Å². The fourth-order valence-electron chi connectivity index (χ4n) is 3.08. The van der Waals surface area contributed by atoms with Gasteiger partial charge in [0.2, 0.25) is 0 Å². The SMILES string of the molecule is Cc1ccc(C2=NO[C@H](CN(Cc3ccccc3F)C(=O)NC(C)C)C2)cc1. The zero-order valence-electron chi connectivity index (χ0n) is 16.5. The fourth-order valence-corrected chi connectivity index (χ4v) is 3.08. The van der Waals surface area contributed by atoms with Gasteiger partial charge in [-0.1, -0.05) is 53.2 Å². The number of nitrogens with zero attached hydrogens (tertiary/aromatic N) is 2. The predicted octanol–water partition coefficient (Wildman–Crippen LogP) is 4.25. The standard InChI is InChI=1S/C22H26FN3O2/c1-15(2)24-22(27)26(13-18-6-4-5-7-20(18)23)14-19-12-21(25-28-19)17-10-8-16(3)9-11-17/h4-11,15,19H,12-14H2,1-3H3,(H,24,27)/t19-/m0/s1. The Balaban J connectivity index is 1.68. The molecule has 0 radical (unpaired) electrons. The van der Waals surface area contributed by atoms with Gasteiger partial charge in [-0.15, -0.1) is 0 Å². The molecular weight excluding hydrogens is 357 g/mol. The van der Waals surface area contributed by atoms with Gasteiger partial charge in [0.1, 0.15) is 5.82 Å². The third-order valence-electron chi connectivity index (χ3n) is 4.56. The van der Waals surface area contributed by atoms with Gasteiger partial charge in [-0.3, -0.25) is 0 Å². The number of amides is 2. The number of carbonyl (C=O) groups excluding carboxylic acids is 1. The molecule has 1 atom stereocenters. The average Bonchev–Trinajstić information content (AvgIpc) is 3.11. The fraction of sp³-hybridized carbons (Fsp3) is 0.364. The Labute approximate surface area is 165 Å². The van der Waals surface area contributed by atoms with Crippen molar-refractivity contribution in [3.63, 3.8) is 0 Å². The Morgan fingerprint density at radius 1 is 1.25 bits per heavy atom. The Hall–Kier alpha value is -2.89. The summed E-state index contributed by atoms with van der Waals surface area (Å²) in [6.07, 6.45) is 0.340. The number of hydrogen-bond acceptors (Lipinski definition) is 3. The summed E-state index contributed by atoms with van der Waals surface area (Å²) >= 11 is 0. The first-order chi connectivity index (χ1) is 13.4. The molecule has 0 fully saturated rings. The number of urea groups is 1. The van der Waals surface area contributed by atoms with Crippen LogP contribution in [0.4, 0.5) is 9.18 Å². The highest BCUT2D eigenvalue weighted by molar-refractivity contribution is 6.01. The van der Waals surface area contributed by atoms with Gasteiger partial charge < -0.3 is 15.1 Å². The van der Waals surface area contributed by atoms with E-state index in [1.54, 1.807) is 23.1 Å². The monoisotopic (exact) mass is 383 g/mol. The van der Waals surface area contributed by atoms with Gasteiger partial charge in [0.05, 0.1) is 18.8 Å². The molecule has 1 heterocycles. The molecular formula is C22H26FN3O2. The zero-order chi connectivity index (χ0) is 20.1. The van der Waals surface area contributed by atoms with Crippen LogP contribution in [0.1, 0.15) is 37.0 Å². The summed E-state index contributed by atoms with van der Waals surface area (Å²) in [5, 5.41) is 7.08. The van der Waals surface area contributed by atoms with Crippen LogP contribution < -0.4 is 5.32 Å². The van der Waals surface area contributed by atoms with Crippen LogP contribution in [0.5, 0.6) is 0 Å². The van der Waals surface area contributed by atoms with Crippen molar-refractivity contribution in [3.05, 3.63) is 71.0 Å². The minimum absolute atomic E-state index is 0.0144.